The van der Waals surface area contributed by atoms with Crippen LogP contribution >= 0.6 is 0 Å². The van der Waals surface area contributed by atoms with E-state index in [1.165, 1.54) is 17.1 Å². The molecule has 0 spiro atoms. The zero-order valence-corrected chi connectivity index (χ0v) is 14.2. The molecular weight excluding hydrogens is 332 g/mol. The fraction of sp³-hybridized carbons (Fsp3) is 0.533. The highest BCUT2D eigenvalue weighted by Gasteiger charge is 2.47. The monoisotopic (exact) mass is 354 g/mol. The number of fused-ring (bicyclic) bond motifs is 2. The quantitative estimate of drug-likeness (QED) is 0.359. The topological polar surface area (TPSA) is 109 Å². The summed E-state index contributed by atoms with van der Waals surface area (Å²) in [7, 11) is 1.25. The third kappa shape index (κ3) is 4.28. The molecular formula is C15H22N4O6. The molecule has 10 nitrogen and oxygen atoms in total. The Balaban J connectivity index is 1.87. The fourth-order valence-electron chi connectivity index (χ4n) is 2.69. The molecule has 0 aromatic heterocycles. The number of rotatable bonds is 8. The third-order valence-corrected chi connectivity index (χ3v) is 3.73. The zero-order chi connectivity index (χ0) is 18.4. The number of urea groups is 1. The molecule has 0 aromatic carbocycles. The zero-order valence-electron chi connectivity index (χ0n) is 14.2. The van der Waals surface area contributed by atoms with Gasteiger partial charge in [-0.25, -0.2) is 15.1 Å². The van der Waals surface area contributed by atoms with Crippen LogP contribution in [0, 0.1) is 0 Å². The Hall–Kier alpha value is -2.59. The highest BCUT2D eigenvalue weighted by Crippen LogP contribution is 2.29. The van der Waals surface area contributed by atoms with Gasteiger partial charge in [-0.05, 0) is 12.5 Å². The second-order valence-electron chi connectivity index (χ2n) is 5.46. The largest absolute Gasteiger partial charge is 0.453 e. The van der Waals surface area contributed by atoms with Gasteiger partial charge in [0, 0.05) is 6.54 Å². The van der Waals surface area contributed by atoms with Crippen molar-refractivity contribution in [2.75, 3.05) is 33.4 Å². The predicted octanol–water partition coefficient (Wildman–Crippen LogP) is -0.0575. The third-order valence-electron chi connectivity index (χ3n) is 3.73. The van der Waals surface area contributed by atoms with Gasteiger partial charge in [0.05, 0.1) is 32.9 Å². The Morgan fingerprint density at radius 3 is 2.92 bits per heavy atom. The first-order chi connectivity index (χ1) is 12.0. The van der Waals surface area contributed by atoms with Crippen LogP contribution in [0.5, 0.6) is 0 Å². The van der Waals surface area contributed by atoms with Crippen molar-refractivity contribution in [2.24, 2.45) is 0 Å². The molecule has 2 aliphatic heterocycles. The minimum Gasteiger partial charge on any atom is -0.453 e. The Morgan fingerprint density at radius 2 is 2.24 bits per heavy atom. The number of carbonyl (C=O) groups is 3. The number of amides is 4. The summed E-state index contributed by atoms with van der Waals surface area (Å²) in [6, 6.07) is -1.39. The molecule has 25 heavy (non-hydrogen) atoms. The molecule has 0 aromatic rings. The molecule has 0 aliphatic carbocycles. The Morgan fingerprint density at radius 1 is 1.48 bits per heavy atom. The minimum absolute atomic E-state index is 0.0570. The maximum atomic E-state index is 12.4. The van der Waals surface area contributed by atoms with Crippen LogP contribution in [0.25, 0.3) is 0 Å². The van der Waals surface area contributed by atoms with Crippen molar-refractivity contribution in [3.8, 4) is 0 Å². The van der Waals surface area contributed by atoms with E-state index in [2.05, 4.69) is 22.1 Å². The number of ether oxygens (including phenoxy) is 1. The van der Waals surface area contributed by atoms with E-state index in [1.807, 2.05) is 6.08 Å². The molecule has 0 saturated carbocycles. The van der Waals surface area contributed by atoms with Gasteiger partial charge < -0.3 is 15.0 Å². The van der Waals surface area contributed by atoms with E-state index in [-0.39, 0.29) is 31.8 Å². The molecule has 0 unspecified atom stereocenters. The average Bonchev–Trinajstić information content (AvgIpc) is 2.83. The van der Waals surface area contributed by atoms with E-state index in [1.54, 1.807) is 13.0 Å². The second-order valence-corrected chi connectivity index (χ2v) is 5.46. The summed E-state index contributed by atoms with van der Waals surface area (Å²) in [4.78, 5) is 47.5. The van der Waals surface area contributed by atoms with Crippen LogP contribution in [-0.2, 0) is 19.2 Å². The summed E-state index contributed by atoms with van der Waals surface area (Å²) in [5, 5.41) is 3.66. The summed E-state index contributed by atoms with van der Waals surface area (Å²) >= 11 is 0. The van der Waals surface area contributed by atoms with Crippen molar-refractivity contribution in [3.63, 3.8) is 0 Å². The summed E-state index contributed by atoms with van der Waals surface area (Å²) in [5.41, 5.74) is 3.02. The summed E-state index contributed by atoms with van der Waals surface area (Å²) in [6.45, 7) is 6.10. The molecule has 2 bridgehead atoms. The van der Waals surface area contributed by atoms with Crippen LogP contribution in [-0.4, -0.2) is 73.5 Å². The smallest absolute Gasteiger partial charge is 0.406 e. The van der Waals surface area contributed by atoms with Crippen molar-refractivity contribution >= 4 is 18.0 Å². The van der Waals surface area contributed by atoms with Crippen LogP contribution < -0.4 is 10.8 Å². The number of alkyl carbamates (subject to hydrolysis) is 1. The number of methoxy groups -OCH3 is 1. The average molecular weight is 354 g/mol. The van der Waals surface area contributed by atoms with Gasteiger partial charge in [-0.15, -0.1) is 6.58 Å². The van der Waals surface area contributed by atoms with Crippen molar-refractivity contribution in [2.45, 2.75) is 19.0 Å². The lowest BCUT2D eigenvalue weighted by Crippen LogP contribution is -2.50. The van der Waals surface area contributed by atoms with Crippen LogP contribution in [0.15, 0.2) is 24.3 Å². The van der Waals surface area contributed by atoms with E-state index in [9.17, 15) is 14.4 Å². The van der Waals surface area contributed by atoms with Crippen molar-refractivity contribution in [3.05, 3.63) is 24.3 Å². The van der Waals surface area contributed by atoms with Crippen molar-refractivity contribution in [1.82, 2.24) is 20.8 Å². The lowest BCUT2D eigenvalue weighted by Gasteiger charge is -2.28. The van der Waals surface area contributed by atoms with E-state index < -0.39 is 18.0 Å². The van der Waals surface area contributed by atoms with Crippen molar-refractivity contribution < 1.29 is 28.8 Å². The van der Waals surface area contributed by atoms with E-state index >= 15 is 0 Å². The molecule has 2 N–H and O–H groups in total. The fourth-order valence-corrected chi connectivity index (χ4v) is 2.69. The molecule has 1 fully saturated rings. The Bertz CT molecular complexity index is 578. The Labute approximate surface area is 145 Å². The van der Waals surface area contributed by atoms with Gasteiger partial charge in [-0.2, -0.15) is 5.06 Å². The molecule has 1 saturated heterocycles. The number of hydroxylamine groups is 3. The first-order valence-corrected chi connectivity index (χ1v) is 7.75. The van der Waals surface area contributed by atoms with Gasteiger partial charge in [-0.3, -0.25) is 14.5 Å². The SMILES string of the molecule is C=CCON1C(=O)N2C[C@H]1C=C(C)[C@H]2C(=O)NOCCNC(=O)OC. The first kappa shape index (κ1) is 18.7. The second kappa shape index (κ2) is 8.49. The van der Waals surface area contributed by atoms with Crippen LogP contribution in [0.2, 0.25) is 0 Å². The van der Waals surface area contributed by atoms with Gasteiger partial charge in [0.1, 0.15) is 6.04 Å². The first-order valence-electron chi connectivity index (χ1n) is 7.75. The lowest BCUT2D eigenvalue weighted by molar-refractivity contribution is -0.136. The molecule has 2 heterocycles. The maximum absolute atomic E-state index is 12.4. The van der Waals surface area contributed by atoms with Crippen LogP contribution in [0.4, 0.5) is 9.59 Å². The molecule has 4 amide bonds. The van der Waals surface area contributed by atoms with E-state index in [4.69, 9.17) is 9.68 Å². The molecule has 2 rings (SSSR count). The van der Waals surface area contributed by atoms with Crippen LogP contribution in [0.1, 0.15) is 6.92 Å². The van der Waals surface area contributed by atoms with Gasteiger partial charge >= 0.3 is 12.1 Å². The van der Waals surface area contributed by atoms with Gasteiger partial charge in [0.2, 0.25) is 0 Å². The van der Waals surface area contributed by atoms with Crippen molar-refractivity contribution in [1.29, 1.82) is 0 Å². The number of nitrogens with zero attached hydrogens (tertiary/aromatic N) is 2. The molecule has 0 radical (unpaired) electrons. The number of hydrogen-bond acceptors (Lipinski definition) is 6. The van der Waals surface area contributed by atoms with E-state index in [0.717, 1.165) is 5.57 Å². The molecule has 138 valence electrons. The summed E-state index contributed by atoms with van der Waals surface area (Å²) in [5.74, 6) is -0.468. The number of nitrogens with one attached hydrogen (secondary N) is 2. The number of hydrogen-bond donors (Lipinski definition) is 2. The normalized spacial score (nSPS) is 21.7. The standard InChI is InChI=1S/C15H22N4O6/c1-4-6-25-19-11-8-10(2)12(18(9-11)15(19)22)13(20)17-24-7-5-16-14(21)23-3/h4,8,11-12H,1,5-7,9H2,2-3H3,(H,16,21)(H,17,20)/t11-,12+/m1/s1. The highest BCUT2D eigenvalue weighted by molar-refractivity contribution is 5.91. The molecule has 2 atom stereocenters. The van der Waals surface area contributed by atoms with E-state index in [0.29, 0.717) is 6.54 Å². The van der Waals surface area contributed by atoms with Gasteiger partial charge in [0.15, 0.2) is 0 Å². The Kier molecular flexibility index (Phi) is 6.37. The maximum Gasteiger partial charge on any atom is 0.406 e. The predicted molar refractivity (Wildman–Crippen MR) is 85.9 cm³/mol. The summed E-state index contributed by atoms with van der Waals surface area (Å²) < 4.78 is 4.40. The van der Waals surface area contributed by atoms with Crippen LogP contribution in [0.3, 0.4) is 0 Å². The minimum atomic E-state index is -0.769. The number of carbonyl (C=O) groups excluding carboxylic acids is 3. The van der Waals surface area contributed by atoms with Gasteiger partial charge in [-0.1, -0.05) is 12.2 Å². The lowest BCUT2D eigenvalue weighted by atomic mass is 10.0. The highest BCUT2D eigenvalue weighted by atomic mass is 16.7. The van der Waals surface area contributed by atoms with Gasteiger partial charge in [0.25, 0.3) is 5.91 Å². The molecule has 2 aliphatic rings. The summed E-state index contributed by atoms with van der Waals surface area (Å²) in [6.07, 6.45) is 2.78. The molecule has 10 heteroatoms.